The molecule has 4 rings (SSSR count). The molecule has 0 aromatic carbocycles. The van der Waals surface area contributed by atoms with Crippen molar-refractivity contribution in [1.29, 1.82) is 0 Å². The Morgan fingerprint density at radius 2 is 2.06 bits per heavy atom. The Morgan fingerprint density at radius 1 is 1.19 bits per heavy atom. The molecule has 0 bridgehead atoms. The van der Waals surface area contributed by atoms with Crippen molar-refractivity contribution >= 4 is 11.5 Å². The highest BCUT2D eigenvalue weighted by Gasteiger charge is 2.24. The molecule has 1 fully saturated rings. The molecular weight excluding hydrogens is 392 g/mol. The van der Waals surface area contributed by atoms with E-state index in [0.717, 1.165) is 60.3 Å². The average molecular weight is 421 g/mol. The molecular formula is C23H28N6O2. The molecule has 0 spiro atoms. The fourth-order valence-corrected chi connectivity index (χ4v) is 3.58. The summed E-state index contributed by atoms with van der Waals surface area (Å²) in [4.78, 5) is 20.3. The van der Waals surface area contributed by atoms with Gasteiger partial charge in [0.05, 0.1) is 18.9 Å². The van der Waals surface area contributed by atoms with E-state index in [1.54, 1.807) is 13.3 Å². The number of rotatable bonds is 8. The Balaban J connectivity index is 1.41. The molecule has 0 amide bonds. The Morgan fingerprint density at radius 3 is 2.84 bits per heavy atom. The fraction of sp³-hybridized carbons (Fsp3) is 0.391. The number of nitrogens with zero attached hydrogens (tertiary/aromatic N) is 5. The minimum Gasteiger partial charge on any atom is -0.384 e. The van der Waals surface area contributed by atoms with Crippen LogP contribution in [0, 0.1) is 6.92 Å². The first-order valence-corrected chi connectivity index (χ1v) is 10.5. The Labute approximate surface area is 182 Å². The lowest BCUT2D eigenvalue weighted by atomic mass is 10.1. The van der Waals surface area contributed by atoms with Crippen LogP contribution in [0.15, 0.2) is 48.9 Å². The number of pyridine rings is 2. The summed E-state index contributed by atoms with van der Waals surface area (Å²) in [5.74, 6) is 1.61. The molecule has 1 N–H and O–H groups in total. The lowest BCUT2D eigenvalue weighted by molar-refractivity contribution is -0.0350. The van der Waals surface area contributed by atoms with Gasteiger partial charge in [-0.25, -0.2) is 15.0 Å². The van der Waals surface area contributed by atoms with Crippen molar-refractivity contribution < 1.29 is 9.47 Å². The van der Waals surface area contributed by atoms with E-state index in [9.17, 15) is 0 Å². The van der Waals surface area contributed by atoms with E-state index in [1.165, 1.54) is 0 Å². The van der Waals surface area contributed by atoms with E-state index in [-0.39, 0.29) is 6.10 Å². The van der Waals surface area contributed by atoms with Crippen LogP contribution in [0.4, 0.5) is 11.5 Å². The highest BCUT2D eigenvalue weighted by atomic mass is 16.5. The molecule has 31 heavy (non-hydrogen) atoms. The summed E-state index contributed by atoms with van der Waals surface area (Å²) in [5.41, 5.74) is 3.92. The van der Waals surface area contributed by atoms with Crippen molar-refractivity contribution in [1.82, 2.24) is 24.8 Å². The lowest BCUT2D eigenvalue weighted by Crippen LogP contribution is -2.38. The van der Waals surface area contributed by atoms with E-state index < -0.39 is 0 Å². The molecule has 0 aliphatic carbocycles. The second-order valence-corrected chi connectivity index (χ2v) is 7.61. The van der Waals surface area contributed by atoms with Crippen molar-refractivity contribution in [2.24, 2.45) is 0 Å². The van der Waals surface area contributed by atoms with Crippen LogP contribution >= 0.6 is 0 Å². The predicted octanol–water partition coefficient (Wildman–Crippen LogP) is 3.08. The Hall–Kier alpha value is -2.94. The Kier molecular flexibility index (Phi) is 7.14. The Bertz CT molecular complexity index is 968. The third kappa shape index (κ3) is 6.04. The van der Waals surface area contributed by atoms with Crippen LogP contribution in [0.5, 0.6) is 0 Å². The highest BCUT2D eigenvalue weighted by Crippen LogP contribution is 2.25. The predicted molar refractivity (Wildman–Crippen MR) is 118 cm³/mol. The first kappa shape index (κ1) is 21.3. The molecule has 1 atom stereocenters. The zero-order valence-corrected chi connectivity index (χ0v) is 18.0. The second kappa shape index (κ2) is 10.4. The monoisotopic (exact) mass is 420 g/mol. The van der Waals surface area contributed by atoms with Gasteiger partial charge in [-0.3, -0.25) is 9.88 Å². The van der Waals surface area contributed by atoms with Gasteiger partial charge >= 0.3 is 0 Å². The SMILES string of the molecule is COCCc1ncc(CN2CCOC(c3cc(Nc4ccccn4)cc(C)n3)C2)cn1. The van der Waals surface area contributed by atoms with Gasteiger partial charge in [0, 0.05) is 68.7 Å². The zero-order chi connectivity index (χ0) is 21.5. The summed E-state index contributed by atoms with van der Waals surface area (Å²) >= 11 is 0. The van der Waals surface area contributed by atoms with E-state index in [2.05, 4.69) is 25.2 Å². The minimum atomic E-state index is -0.0835. The standard InChI is InChI=1S/C23H28N6O2/c1-17-11-19(28-23-5-3-4-7-24-23)12-20(27-17)21-16-29(8-10-31-21)15-18-13-25-22(26-14-18)6-9-30-2/h3-5,7,11-14,21H,6,8-10,15-16H2,1-2H3,(H,24,27,28). The van der Waals surface area contributed by atoms with Gasteiger partial charge in [-0.05, 0) is 31.2 Å². The van der Waals surface area contributed by atoms with Gasteiger partial charge in [0.2, 0.25) is 0 Å². The number of methoxy groups -OCH3 is 1. The van der Waals surface area contributed by atoms with Crippen LogP contribution in [0.25, 0.3) is 0 Å². The van der Waals surface area contributed by atoms with Gasteiger partial charge in [-0.15, -0.1) is 0 Å². The summed E-state index contributed by atoms with van der Waals surface area (Å²) in [6.45, 7) is 5.71. The number of aromatic nitrogens is 4. The van der Waals surface area contributed by atoms with Gasteiger partial charge < -0.3 is 14.8 Å². The molecule has 3 aromatic rings. The van der Waals surface area contributed by atoms with Crippen LogP contribution in [-0.4, -0.2) is 58.2 Å². The van der Waals surface area contributed by atoms with Crippen LogP contribution < -0.4 is 5.32 Å². The molecule has 3 aromatic heterocycles. The lowest BCUT2D eigenvalue weighted by Gasteiger charge is -2.32. The topological polar surface area (TPSA) is 85.3 Å². The number of anilines is 2. The first-order valence-electron chi connectivity index (χ1n) is 10.5. The van der Waals surface area contributed by atoms with Crippen LogP contribution in [0.3, 0.4) is 0 Å². The quantitative estimate of drug-likeness (QED) is 0.595. The highest BCUT2D eigenvalue weighted by molar-refractivity contribution is 5.56. The van der Waals surface area contributed by atoms with E-state index in [4.69, 9.17) is 14.5 Å². The van der Waals surface area contributed by atoms with Gasteiger partial charge in [-0.2, -0.15) is 0 Å². The summed E-state index contributed by atoms with van der Waals surface area (Å²) in [5, 5.41) is 3.35. The molecule has 1 aliphatic rings. The third-order valence-corrected chi connectivity index (χ3v) is 5.09. The molecule has 8 nitrogen and oxygen atoms in total. The average Bonchev–Trinajstić information content (AvgIpc) is 2.79. The smallest absolute Gasteiger partial charge is 0.130 e. The fourth-order valence-electron chi connectivity index (χ4n) is 3.58. The van der Waals surface area contributed by atoms with Crippen LogP contribution in [-0.2, 0) is 22.4 Å². The number of aryl methyl sites for hydroxylation is 1. The van der Waals surface area contributed by atoms with Crippen LogP contribution in [0.1, 0.15) is 28.9 Å². The normalized spacial score (nSPS) is 16.9. The maximum Gasteiger partial charge on any atom is 0.130 e. The molecule has 162 valence electrons. The molecule has 8 heteroatoms. The van der Waals surface area contributed by atoms with Gasteiger partial charge in [0.1, 0.15) is 17.7 Å². The maximum absolute atomic E-state index is 6.06. The van der Waals surface area contributed by atoms with Crippen molar-refractivity contribution in [3.63, 3.8) is 0 Å². The summed E-state index contributed by atoms with van der Waals surface area (Å²) in [6, 6.07) is 9.86. The number of hydrogen-bond donors (Lipinski definition) is 1. The molecule has 0 saturated carbocycles. The first-order chi connectivity index (χ1) is 15.2. The van der Waals surface area contributed by atoms with Gasteiger partial charge in [0.25, 0.3) is 0 Å². The summed E-state index contributed by atoms with van der Waals surface area (Å²) in [7, 11) is 1.68. The number of ether oxygens (including phenoxy) is 2. The van der Waals surface area contributed by atoms with Gasteiger partial charge in [0.15, 0.2) is 0 Å². The number of hydrogen-bond acceptors (Lipinski definition) is 8. The number of nitrogens with one attached hydrogen (secondary N) is 1. The van der Waals surface area contributed by atoms with Crippen molar-refractivity contribution in [2.45, 2.75) is 26.0 Å². The van der Waals surface area contributed by atoms with Crippen molar-refractivity contribution in [2.75, 3.05) is 38.7 Å². The van der Waals surface area contributed by atoms with E-state index in [1.807, 2.05) is 49.6 Å². The minimum absolute atomic E-state index is 0.0835. The van der Waals surface area contributed by atoms with E-state index >= 15 is 0 Å². The van der Waals surface area contributed by atoms with Crippen LogP contribution in [0.2, 0.25) is 0 Å². The molecule has 1 saturated heterocycles. The van der Waals surface area contributed by atoms with Crippen molar-refractivity contribution in [3.8, 4) is 0 Å². The molecule has 0 radical (unpaired) electrons. The van der Waals surface area contributed by atoms with E-state index in [0.29, 0.717) is 13.2 Å². The van der Waals surface area contributed by atoms with Crippen molar-refractivity contribution in [3.05, 3.63) is 71.7 Å². The summed E-state index contributed by atoms with van der Waals surface area (Å²) in [6.07, 6.45) is 6.22. The molecule has 1 aliphatic heterocycles. The molecule has 4 heterocycles. The molecule has 1 unspecified atom stereocenters. The largest absolute Gasteiger partial charge is 0.384 e. The third-order valence-electron chi connectivity index (χ3n) is 5.09. The van der Waals surface area contributed by atoms with Gasteiger partial charge in [-0.1, -0.05) is 6.07 Å². The maximum atomic E-state index is 6.06. The second-order valence-electron chi connectivity index (χ2n) is 7.61. The zero-order valence-electron chi connectivity index (χ0n) is 18.0. The summed E-state index contributed by atoms with van der Waals surface area (Å²) < 4.78 is 11.1. The number of morpholine rings is 1.